The highest BCUT2D eigenvalue weighted by atomic mass is 16.3. The summed E-state index contributed by atoms with van der Waals surface area (Å²) in [6.45, 7) is 6.16. The van der Waals surface area contributed by atoms with Crippen molar-refractivity contribution in [3.8, 4) is 0 Å². The Bertz CT molecular complexity index is 1010. The second kappa shape index (κ2) is 11.9. The number of piperidine rings is 1. The third kappa shape index (κ3) is 5.99. The molecule has 4 N–H and O–H groups in total. The quantitative estimate of drug-likeness (QED) is 0.384. The van der Waals surface area contributed by atoms with Gasteiger partial charge in [0.25, 0.3) is 0 Å². The van der Waals surface area contributed by atoms with E-state index in [1.807, 2.05) is 45.4 Å². The summed E-state index contributed by atoms with van der Waals surface area (Å²) in [5.74, 6) is 0.236. The van der Waals surface area contributed by atoms with Gasteiger partial charge in [0, 0.05) is 31.0 Å². The van der Waals surface area contributed by atoms with Gasteiger partial charge in [0.15, 0.2) is 0 Å². The highest BCUT2D eigenvalue weighted by molar-refractivity contribution is 5.68. The van der Waals surface area contributed by atoms with Gasteiger partial charge in [-0.3, -0.25) is 5.43 Å². The van der Waals surface area contributed by atoms with Gasteiger partial charge in [-0.1, -0.05) is 30.3 Å². The van der Waals surface area contributed by atoms with Crippen LogP contribution in [0.3, 0.4) is 0 Å². The zero-order valence-electron chi connectivity index (χ0n) is 22.9. The summed E-state index contributed by atoms with van der Waals surface area (Å²) in [6.07, 6.45) is 4.39. The lowest BCUT2D eigenvalue weighted by Gasteiger charge is -2.47. The Balaban J connectivity index is 1.55. The third-order valence-electron chi connectivity index (χ3n) is 8.06. The Kier molecular flexibility index (Phi) is 8.87. The number of nitrogens with one attached hydrogen (secondary N) is 3. The minimum atomic E-state index is -0.881. The summed E-state index contributed by atoms with van der Waals surface area (Å²) in [6, 6.07) is 16.5. The Hall–Kier alpha value is -2.49. The predicted molar refractivity (Wildman–Crippen MR) is 151 cm³/mol. The fourth-order valence-electron chi connectivity index (χ4n) is 6.00. The molecule has 0 saturated carbocycles. The zero-order valence-corrected chi connectivity index (χ0v) is 22.9. The van der Waals surface area contributed by atoms with E-state index < -0.39 is 5.60 Å². The third-order valence-corrected chi connectivity index (χ3v) is 8.06. The molecule has 4 rings (SSSR count). The molecule has 2 heterocycles. The monoisotopic (exact) mass is 508 g/mol. The molecule has 202 valence electrons. The lowest BCUT2D eigenvalue weighted by molar-refractivity contribution is -0.110. The summed E-state index contributed by atoms with van der Waals surface area (Å²) in [5, 5.41) is 19.4. The molecule has 2 aromatic rings. The van der Waals surface area contributed by atoms with E-state index >= 15 is 0 Å². The minimum Gasteiger partial charge on any atom is -0.386 e. The molecule has 2 aliphatic rings. The van der Waals surface area contributed by atoms with Gasteiger partial charge in [0.2, 0.25) is 0 Å². The number of piperazine rings is 1. The molecule has 8 nitrogen and oxygen atoms in total. The van der Waals surface area contributed by atoms with Crippen molar-refractivity contribution < 1.29 is 9.90 Å². The number of hydrazine groups is 1. The Morgan fingerprint density at radius 1 is 1.00 bits per heavy atom. The summed E-state index contributed by atoms with van der Waals surface area (Å²) in [4.78, 5) is 17.2. The van der Waals surface area contributed by atoms with Crippen molar-refractivity contribution in [3.63, 3.8) is 0 Å². The van der Waals surface area contributed by atoms with E-state index in [9.17, 15) is 9.90 Å². The molecule has 2 saturated heterocycles. The van der Waals surface area contributed by atoms with E-state index in [1.54, 1.807) is 13.8 Å². The Morgan fingerprint density at radius 3 is 2.22 bits per heavy atom. The fraction of sp³-hybridized carbons (Fsp3) is 0.552. The normalized spacial score (nSPS) is 25.4. The molecule has 4 atom stereocenters. The van der Waals surface area contributed by atoms with Crippen molar-refractivity contribution in [2.24, 2.45) is 5.92 Å². The number of nitrogens with zero attached hydrogens (tertiary/aromatic N) is 3. The number of para-hydroxylation sites is 1. The number of anilines is 2. The maximum atomic E-state index is 12.5. The molecule has 37 heavy (non-hydrogen) atoms. The molecule has 0 radical (unpaired) electrons. The average molecular weight is 509 g/mol. The molecule has 8 heteroatoms. The van der Waals surface area contributed by atoms with Crippen LogP contribution in [0.2, 0.25) is 0 Å². The number of aliphatic hydroxyl groups is 1. The first-order chi connectivity index (χ1) is 17.8. The molecule has 2 aliphatic heterocycles. The van der Waals surface area contributed by atoms with Crippen LogP contribution in [0, 0.1) is 5.92 Å². The smallest absolute Gasteiger partial charge is 0.142 e. The lowest BCUT2D eigenvalue weighted by Crippen LogP contribution is -2.69. The number of hydrogen-bond donors (Lipinski definition) is 4. The van der Waals surface area contributed by atoms with Crippen LogP contribution in [-0.4, -0.2) is 75.6 Å². The van der Waals surface area contributed by atoms with Crippen LogP contribution in [0.4, 0.5) is 11.4 Å². The first kappa shape index (κ1) is 27.5. The van der Waals surface area contributed by atoms with Crippen molar-refractivity contribution in [2.75, 3.05) is 50.6 Å². The van der Waals surface area contributed by atoms with Crippen molar-refractivity contribution >= 4 is 17.7 Å². The van der Waals surface area contributed by atoms with Gasteiger partial charge in [0.1, 0.15) is 6.29 Å². The maximum absolute atomic E-state index is 12.5. The molecular formula is C29H44N6O2. The molecule has 0 spiro atoms. The van der Waals surface area contributed by atoms with Gasteiger partial charge in [-0.2, -0.15) is 0 Å². The van der Waals surface area contributed by atoms with E-state index in [0.29, 0.717) is 0 Å². The number of benzene rings is 2. The van der Waals surface area contributed by atoms with E-state index in [-0.39, 0.29) is 24.3 Å². The summed E-state index contributed by atoms with van der Waals surface area (Å²) in [7, 11) is 5.96. The topological polar surface area (TPSA) is 83.1 Å². The number of aldehydes is 1. The largest absolute Gasteiger partial charge is 0.386 e. The van der Waals surface area contributed by atoms with Crippen molar-refractivity contribution in [1.29, 1.82) is 0 Å². The number of carbonyl (C=O) groups is 1. The van der Waals surface area contributed by atoms with Crippen LogP contribution in [0.1, 0.15) is 37.8 Å². The predicted octanol–water partition coefficient (Wildman–Crippen LogP) is 2.29. The van der Waals surface area contributed by atoms with Gasteiger partial charge < -0.3 is 30.3 Å². The Morgan fingerprint density at radius 2 is 1.65 bits per heavy atom. The first-order valence-electron chi connectivity index (χ1n) is 13.5. The Labute approximate surface area is 222 Å². The van der Waals surface area contributed by atoms with Gasteiger partial charge in [-0.05, 0) is 89.5 Å². The number of hydrogen-bond acceptors (Lipinski definition) is 8. The van der Waals surface area contributed by atoms with Gasteiger partial charge >= 0.3 is 0 Å². The molecule has 2 aromatic carbocycles. The van der Waals surface area contributed by atoms with Crippen LogP contribution in [0.25, 0.3) is 0 Å². The summed E-state index contributed by atoms with van der Waals surface area (Å²) >= 11 is 0. The van der Waals surface area contributed by atoms with Crippen LogP contribution < -0.4 is 25.9 Å². The van der Waals surface area contributed by atoms with Crippen molar-refractivity contribution in [1.82, 2.24) is 21.1 Å². The molecule has 0 bridgehead atoms. The second-order valence-electron chi connectivity index (χ2n) is 10.8. The number of likely N-dealkylation sites (N-methyl/N-ethyl adjacent to an activating group) is 2. The van der Waals surface area contributed by atoms with Gasteiger partial charge in [-0.25, -0.2) is 5.01 Å². The first-order valence-corrected chi connectivity index (χ1v) is 13.5. The van der Waals surface area contributed by atoms with E-state index in [4.69, 9.17) is 0 Å². The highest BCUT2D eigenvalue weighted by Gasteiger charge is 2.35. The van der Waals surface area contributed by atoms with Crippen LogP contribution in [0.5, 0.6) is 0 Å². The average Bonchev–Trinajstić information content (AvgIpc) is 2.92. The maximum Gasteiger partial charge on any atom is 0.142 e. The number of rotatable bonds is 9. The molecule has 0 aromatic heterocycles. The molecule has 2 fully saturated rings. The van der Waals surface area contributed by atoms with Crippen LogP contribution in [0.15, 0.2) is 48.5 Å². The van der Waals surface area contributed by atoms with Gasteiger partial charge in [0.05, 0.1) is 24.0 Å². The molecule has 4 unspecified atom stereocenters. The lowest BCUT2D eigenvalue weighted by atomic mass is 9.83. The van der Waals surface area contributed by atoms with E-state index in [2.05, 4.69) is 55.1 Å². The number of carbonyl (C=O) groups excluding carboxylic acids is 1. The summed E-state index contributed by atoms with van der Waals surface area (Å²) in [5.41, 5.74) is 6.90. The van der Waals surface area contributed by atoms with Gasteiger partial charge in [-0.15, -0.1) is 0 Å². The second-order valence-corrected chi connectivity index (χ2v) is 10.8. The summed E-state index contributed by atoms with van der Waals surface area (Å²) < 4.78 is 0. The molecule has 0 amide bonds. The fourth-order valence-corrected chi connectivity index (χ4v) is 6.00. The highest BCUT2D eigenvalue weighted by Crippen LogP contribution is 2.34. The van der Waals surface area contributed by atoms with E-state index in [0.717, 1.165) is 56.4 Å². The molecular weight excluding hydrogens is 464 g/mol. The van der Waals surface area contributed by atoms with Crippen molar-refractivity contribution in [2.45, 2.75) is 57.1 Å². The van der Waals surface area contributed by atoms with E-state index in [1.165, 1.54) is 11.3 Å². The molecule has 0 aliphatic carbocycles. The zero-order chi connectivity index (χ0) is 26.6. The standard InChI is InChI=1S/C29H44N6O2/c1-29(2,37)23-12-14-24(15-13-23)34-16-8-10-22(26(34)20-36)17-21-9-6-7-11-25(21)33-18-27(30-3)35(32-5)28(19-33)31-4/h6-7,9,11-15,20,22,26-28,30-32,37H,8,10,16-19H2,1-5H3. The van der Waals surface area contributed by atoms with Crippen LogP contribution >= 0.6 is 0 Å². The minimum absolute atomic E-state index is 0.157. The van der Waals surface area contributed by atoms with Crippen molar-refractivity contribution in [3.05, 3.63) is 59.7 Å². The SMILES string of the molecule is CNC1CN(c2ccccc2CC2CCCN(c3ccc(C(C)(C)O)cc3)C2C=O)CC(NC)N1NC. The van der Waals surface area contributed by atoms with Crippen LogP contribution in [-0.2, 0) is 16.8 Å².